The summed E-state index contributed by atoms with van der Waals surface area (Å²) >= 11 is 0. The Hall–Kier alpha value is -3.42. The van der Waals surface area contributed by atoms with Crippen LogP contribution in [-0.2, 0) is 4.74 Å². The zero-order chi connectivity index (χ0) is 25.9. The van der Waals surface area contributed by atoms with Gasteiger partial charge in [0.2, 0.25) is 5.95 Å². The van der Waals surface area contributed by atoms with Crippen molar-refractivity contribution in [2.75, 3.05) is 51.8 Å². The number of hydrogen-bond acceptors (Lipinski definition) is 7. The van der Waals surface area contributed by atoms with Gasteiger partial charge in [-0.05, 0) is 56.3 Å². The molecular formula is C30H39N5O2. The Kier molecular flexibility index (Phi) is 9.91. The quantitative estimate of drug-likeness (QED) is 0.360. The van der Waals surface area contributed by atoms with Gasteiger partial charge in [-0.25, -0.2) is 9.97 Å². The van der Waals surface area contributed by atoms with Crippen molar-refractivity contribution in [2.24, 2.45) is 5.92 Å². The minimum atomic E-state index is 0.0378. The number of hydrogen-bond donors (Lipinski definition) is 2. The van der Waals surface area contributed by atoms with Crippen LogP contribution in [0.25, 0.3) is 0 Å². The predicted octanol–water partition coefficient (Wildman–Crippen LogP) is 4.55. The molecule has 0 aromatic carbocycles. The number of allylic oxidation sites excluding steroid dienone is 10. The van der Waals surface area contributed by atoms with E-state index >= 15 is 0 Å². The van der Waals surface area contributed by atoms with Crippen molar-refractivity contribution >= 4 is 5.95 Å². The summed E-state index contributed by atoms with van der Waals surface area (Å²) in [6, 6.07) is 1.95. The molecule has 2 aliphatic carbocycles. The van der Waals surface area contributed by atoms with Gasteiger partial charge in [0.25, 0.3) is 0 Å². The van der Waals surface area contributed by atoms with E-state index in [1.807, 2.05) is 30.4 Å². The number of nitrogens with one attached hydrogen (secondary N) is 1. The molecule has 1 aromatic heterocycles. The van der Waals surface area contributed by atoms with E-state index in [4.69, 9.17) is 14.8 Å². The van der Waals surface area contributed by atoms with Crippen LogP contribution in [0, 0.1) is 5.92 Å². The molecule has 196 valence electrons. The second-order valence-corrected chi connectivity index (χ2v) is 9.57. The molecule has 2 unspecified atom stereocenters. The van der Waals surface area contributed by atoms with Gasteiger partial charge in [0, 0.05) is 55.6 Å². The zero-order valence-corrected chi connectivity index (χ0v) is 22.0. The highest BCUT2D eigenvalue weighted by Gasteiger charge is 2.20. The van der Waals surface area contributed by atoms with Gasteiger partial charge in [-0.3, -0.25) is 0 Å². The topological polar surface area (TPSA) is 73.8 Å². The summed E-state index contributed by atoms with van der Waals surface area (Å²) < 4.78 is 5.88. The maximum atomic E-state index is 8.79. The number of likely N-dealkylation sites (N-methyl/N-ethyl adjacent to an activating group) is 1. The lowest BCUT2D eigenvalue weighted by Crippen LogP contribution is -2.44. The highest BCUT2D eigenvalue weighted by molar-refractivity contribution is 5.45. The monoisotopic (exact) mass is 501 g/mol. The number of rotatable bonds is 10. The molecule has 7 heteroatoms. The van der Waals surface area contributed by atoms with E-state index in [1.54, 1.807) is 12.3 Å². The standard InChI is InChI=1S/C30H39N5O2/c1-24-10-12-26(13-15-29(24)35-20-18-34(2)19-21-35)32-30-31-17-16-28(33-30)25-8-7-9-27(14-11-25)37-23-6-4-3-5-22-36/h3,5,7-17,24-25,36H,4,6,18-23H2,1-2H3,(H,31,32,33)/b5-3+. The smallest absolute Gasteiger partial charge is 0.227 e. The summed E-state index contributed by atoms with van der Waals surface area (Å²) in [5, 5.41) is 12.2. The Morgan fingerprint density at radius 1 is 1.08 bits per heavy atom. The van der Waals surface area contributed by atoms with Crippen molar-refractivity contribution in [1.82, 2.24) is 19.8 Å². The normalized spacial score (nSPS) is 22.4. The maximum absolute atomic E-state index is 8.79. The molecule has 1 fully saturated rings. The van der Waals surface area contributed by atoms with Crippen molar-refractivity contribution in [3.8, 4) is 0 Å². The molecule has 7 nitrogen and oxygen atoms in total. The summed E-state index contributed by atoms with van der Waals surface area (Å²) in [4.78, 5) is 14.1. The largest absolute Gasteiger partial charge is 0.494 e. The van der Waals surface area contributed by atoms with Crippen LogP contribution in [-0.4, -0.2) is 71.3 Å². The van der Waals surface area contributed by atoms with E-state index in [-0.39, 0.29) is 12.5 Å². The van der Waals surface area contributed by atoms with E-state index < -0.39 is 0 Å². The second-order valence-electron chi connectivity index (χ2n) is 9.57. The van der Waals surface area contributed by atoms with E-state index in [2.05, 4.69) is 70.5 Å². The molecule has 0 bridgehead atoms. The maximum Gasteiger partial charge on any atom is 0.227 e. The first kappa shape index (κ1) is 26.6. The molecule has 1 aromatic rings. The van der Waals surface area contributed by atoms with Crippen LogP contribution < -0.4 is 5.32 Å². The first-order valence-electron chi connectivity index (χ1n) is 13.2. The number of unbranched alkanes of at least 4 members (excludes halogenated alkanes) is 1. The lowest BCUT2D eigenvalue weighted by atomic mass is 10.0. The van der Waals surface area contributed by atoms with Crippen LogP contribution in [0.5, 0.6) is 0 Å². The van der Waals surface area contributed by atoms with Crippen molar-refractivity contribution < 1.29 is 9.84 Å². The lowest BCUT2D eigenvalue weighted by Gasteiger charge is -2.37. The molecule has 2 atom stereocenters. The average Bonchev–Trinajstić information content (AvgIpc) is 3.26. The first-order chi connectivity index (χ1) is 18.1. The Bertz CT molecular complexity index is 1110. The molecule has 1 saturated heterocycles. The first-order valence-corrected chi connectivity index (χ1v) is 13.2. The number of nitrogens with zero attached hydrogens (tertiary/aromatic N) is 4. The van der Waals surface area contributed by atoms with E-state index in [0.29, 0.717) is 18.5 Å². The van der Waals surface area contributed by atoms with Crippen LogP contribution >= 0.6 is 0 Å². The van der Waals surface area contributed by atoms with Gasteiger partial charge in [0.05, 0.1) is 18.9 Å². The summed E-state index contributed by atoms with van der Waals surface area (Å²) in [6.07, 6.45) is 26.3. The molecule has 37 heavy (non-hydrogen) atoms. The minimum Gasteiger partial charge on any atom is -0.494 e. The highest BCUT2D eigenvalue weighted by atomic mass is 16.5. The van der Waals surface area contributed by atoms with E-state index in [9.17, 15) is 0 Å². The number of aromatic nitrogens is 2. The summed E-state index contributed by atoms with van der Waals surface area (Å²) in [5.41, 5.74) is 3.26. The number of aliphatic hydroxyl groups is 1. The SMILES string of the molecule is CC1C=CC(Nc2nccc(C3C=CC=C(OCCC/C=C/CO)C=C3)n2)=CC=C1N1CCN(C)CC1. The van der Waals surface area contributed by atoms with Crippen LogP contribution in [0.1, 0.15) is 31.4 Å². The summed E-state index contributed by atoms with van der Waals surface area (Å²) in [6.45, 7) is 7.29. The Morgan fingerprint density at radius 2 is 1.95 bits per heavy atom. The number of anilines is 1. The average molecular weight is 502 g/mol. The van der Waals surface area contributed by atoms with Gasteiger partial charge >= 0.3 is 0 Å². The molecule has 4 rings (SSSR count). The fourth-order valence-electron chi connectivity index (χ4n) is 4.48. The highest BCUT2D eigenvalue weighted by Crippen LogP contribution is 2.24. The molecule has 0 amide bonds. The van der Waals surface area contributed by atoms with Crippen molar-refractivity contribution in [3.63, 3.8) is 0 Å². The molecule has 2 heterocycles. The van der Waals surface area contributed by atoms with Crippen LogP contribution in [0.3, 0.4) is 0 Å². The fraction of sp³-hybridized carbons (Fsp3) is 0.400. The number of ether oxygens (including phenoxy) is 1. The van der Waals surface area contributed by atoms with Crippen molar-refractivity contribution in [3.05, 3.63) is 102 Å². The van der Waals surface area contributed by atoms with Gasteiger partial charge in [0.15, 0.2) is 0 Å². The van der Waals surface area contributed by atoms with Gasteiger partial charge in [-0.15, -0.1) is 0 Å². The second kappa shape index (κ2) is 13.8. The van der Waals surface area contributed by atoms with Crippen molar-refractivity contribution in [1.29, 1.82) is 0 Å². The zero-order valence-electron chi connectivity index (χ0n) is 22.0. The third-order valence-corrected chi connectivity index (χ3v) is 6.71. The third-order valence-electron chi connectivity index (χ3n) is 6.71. The molecule has 0 spiro atoms. The van der Waals surface area contributed by atoms with E-state index in [0.717, 1.165) is 56.2 Å². The van der Waals surface area contributed by atoms with Gasteiger partial charge in [0.1, 0.15) is 5.76 Å². The summed E-state index contributed by atoms with van der Waals surface area (Å²) in [5.74, 6) is 1.82. The Labute approximate surface area is 220 Å². The number of aliphatic hydroxyl groups excluding tert-OH is 1. The molecule has 3 aliphatic rings. The predicted molar refractivity (Wildman–Crippen MR) is 150 cm³/mol. The molecule has 2 N–H and O–H groups in total. The fourth-order valence-corrected chi connectivity index (χ4v) is 4.48. The molecular weight excluding hydrogens is 462 g/mol. The lowest BCUT2D eigenvalue weighted by molar-refractivity contribution is 0.178. The van der Waals surface area contributed by atoms with Gasteiger partial charge in [-0.2, -0.15) is 0 Å². The molecule has 0 radical (unpaired) electrons. The van der Waals surface area contributed by atoms with Gasteiger partial charge < -0.3 is 25.0 Å². The minimum absolute atomic E-state index is 0.0378. The summed E-state index contributed by atoms with van der Waals surface area (Å²) in [7, 11) is 2.18. The molecule has 1 aliphatic heterocycles. The molecule has 0 saturated carbocycles. The van der Waals surface area contributed by atoms with Crippen LogP contribution in [0.2, 0.25) is 0 Å². The Morgan fingerprint density at radius 3 is 2.78 bits per heavy atom. The third kappa shape index (κ3) is 8.03. The number of piperazine rings is 1. The van der Waals surface area contributed by atoms with Crippen molar-refractivity contribution in [2.45, 2.75) is 25.7 Å². The van der Waals surface area contributed by atoms with Gasteiger partial charge in [-0.1, -0.05) is 43.4 Å². The van der Waals surface area contributed by atoms with Crippen LogP contribution in [0.4, 0.5) is 5.95 Å². The van der Waals surface area contributed by atoms with E-state index in [1.165, 1.54) is 5.70 Å². The Balaban J connectivity index is 1.36. The van der Waals surface area contributed by atoms with Crippen LogP contribution in [0.15, 0.2) is 96.3 Å².